The number of H-pyrrole nitrogens is 1. The number of rotatable bonds is 29. The summed E-state index contributed by atoms with van der Waals surface area (Å²) in [7, 11) is 5.59. The maximum Gasteiger partial charge on any atom is 0.386 e. The van der Waals surface area contributed by atoms with Gasteiger partial charge in [0.05, 0.1) is 77.9 Å². The predicted molar refractivity (Wildman–Crippen MR) is 292 cm³/mol. The normalized spacial score (nSPS) is 28.3. The summed E-state index contributed by atoms with van der Waals surface area (Å²) in [5.74, 6) is -0.0271. The third-order valence-corrected chi connectivity index (χ3v) is 17.7. The number of hydrogen-bond donors (Lipinski definition) is 7. The van der Waals surface area contributed by atoms with Gasteiger partial charge in [0.25, 0.3) is 5.56 Å². The number of nitrogens with zero attached hydrogens (tertiary/aromatic N) is 11. The zero-order valence-corrected chi connectivity index (χ0v) is 49.0. The third-order valence-electron chi connectivity index (χ3n) is 12.9. The number of nitrogens with two attached hydrogens (primary N) is 3. The van der Waals surface area contributed by atoms with Crippen LogP contribution < -0.4 is 22.8 Å². The lowest BCUT2D eigenvalue weighted by Gasteiger charge is -2.30. The Labute approximate surface area is 475 Å². The van der Waals surface area contributed by atoms with E-state index >= 15 is 0 Å². The molecular formula is C41H60N15O19P3S3. The summed E-state index contributed by atoms with van der Waals surface area (Å²) in [6.45, 7) is -12.2. The molecule has 3 saturated heterocycles. The lowest BCUT2D eigenvalue weighted by atomic mass is 10.1. The highest BCUT2D eigenvalue weighted by atomic mass is 32.7. The number of methoxy groups -OCH3 is 3. The van der Waals surface area contributed by atoms with Gasteiger partial charge in [0.1, 0.15) is 72.5 Å². The molecule has 40 heteroatoms. The molecule has 0 amide bonds. The van der Waals surface area contributed by atoms with Crippen molar-refractivity contribution < 1.29 is 84.1 Å². The average molecular weight is 1260 g/mol. The first-order valence-corrected chi connectivity index (χ1v) is 32.4. The van der Waals surface area contributed by atoms with Gasteiger partial charge in [0.2, 0.25) is 5.95 Å². The minimum absolute atomic E-state index is 0.00125. The van der Waals surface area contributed by atoms with Gasteiger partial charge in [0.15, 0.2) is 52.8 Å². The lowest BCUT2D eigenvalue weighted by molar-refractivity contribution is -0.0800. The van der Waals surface area contributed by atoms with Crippen molar-refractivity contribution in [3.8, 4) is 0 Å². The molecule has 0 bridgehead atoms. The van der Waals surface area contributed by atoms with Crippen LogP contribution in [0.4, 0.5) is 17.6 Å². The van der Waals surface area contributed by atoms with Crippen molar-refractivity contribution in [3.05, 3.63) is 42.0 Å². The second-order valence-corrected chi connectivity index (χ2v) is 26.5. The number of fused-ring (bicyclic) bond motifs is 3. The molecule has 15 atom stereocenters. The number of thiol groups is 1. The van der Waals surface area contributed by atoms with Gasteiger partial charge in [-0.3, -0.25) is 41.6 Å². The Morgan fingerprint density at radius 3 is 1.52 bits per heavy atom. The van der Waals surface area contributed by atoms with Crippen LogP contribution in [0.5, 0.6) is 0 Å². The van der Waals surface area contributed by atoms with Crippen molar-refractivity contribution in [2.45, 2.75) is 87.0 Å². The lowest BCUT2D eigenvalue weighted by Crippen LogP contribution is -2.39. The fourth-order valence-electron chi connectivity index (χ4n) is 9.25. The number of ether oxygens (including phenoxy) is 9. The number of aromatic nitrogens is 12. The van der Waals surface area contributed by atoms with Gasteiger partial charge >= 0.3 is 20.2 Å². The second-order valence-electron chi connectivity index (χ2n) is 17.9. The van der Waals surface area contributed by atoms with E-state index in [4.69, 9.17) is 111 Å². The summed E-state index contributed by atoms with van der Waals surface area (Å²) < 4.78 is 110. The molecule has 3 aliphatic heterocycles. The Balaban J connectivity index is 1.01. The first-order chi connectivity index (χ1) is 38.8. The molecule has 34 nitrogen and oxygen atoms in total. The highest BCUT2D eigenvalue weighted by Gasteiger charge is 2.55. The van der Waals surface area contributed by atoms with Crippen LogP contribution in [0.2, 0.25) is 0 Å². The largest absolute Gasteiger partial charge is 0.386 e. The summed E-state index contributed by atoms with van der Waals surface area (Å²) in [5, 5.41) is 0. The van der Waals surface area contributed by atoms with E-state index in [0.717, 1.165) is 7.11 Å². The van der Waals surface area contributed by atoms with Crippen molar-refractivity contribution >= 4 is 107 Å². The molecule has 0 radical (unpaired) electrons. The predicted octanol–water partition coefficient (Wildman–Crippen LogP) is 1.05. The van der Waals surface area contributed by atoms with Crippen molar-refractivity contribution in [2.75, 3.05) is 98.5 Å². The van der Waals surface area contributed by atoms with Crippen LogP contribution in [-0.2, 0) is 98.0 Å². The maximum atomic E-state index is 14.9. The molecule has 3 fully saturated rings. The topological polar surface area (TPSA) is 425 Å². The van der Waals surface area contributed by atoms with E-state index in [1.807, 2.05) is 6.92 Å². The van der Waals surface area contributed by atoms with Gasteiger partial charge in [0, 0.05) is 28.4 Å². The van der Waals surface area contributed by atoms with E-state index < -0.39 is 113 Å². The van der Waals surface area contributed by atoms with Crippen LogP contribution >= 0.6 is 32.5 Å². The molecule has 9 N–H and O–H groups in total. The first-order valence-electron chi connectivity index (χ1n) is 24.6. The average Bonchev–Trinajstić information content (AvgIpc) is 3.95. The van der Waals surface area contributed by atoms with E-state index in [9.17, 15) is 19.1 Å². The first kappa shape index (κ1) is 61.6. The minimum atomic E-state index is -4.68. The van der Waals surface area contributed by atoms with Gasteiger partial charge in [-0.05, 0) is 30.0 Å². The second kappa shape index (κ2) is 26.5. The number of hydrogen-bond acceptors (Lipinski definition) is 30. The molecule has 81 heavy (non-hydrogen) atoms. The number of imidazole rings is 3. The number of nitrogens with one attached hydrogen (secondary N) is 1. The monoisotopic (exact) mass is 1260 g/mol. The molecule has 3 unspecified atom stereocenters. The smallest absolute Gasteiger partial charge is 0.382 e. The number of nitrogen functional groups attached to an aromatic ring is 3. The molecule has 3 aliphatic rings. The fourth-order valence-corrected chi connectivity index (χ4v) is 13.1. The summed E-state index contributed by atoms with van der Waals surface area (Å²) in [5.41, 5.74) is 18.6. The molecule has 9 heterocycles. The van der Waals surface area contributed by atoms with Crippen LogP contribution in [0.1, 0.15) is 32.0 Å². The molecule has 446 valence electrons. The van der Waals surface area contributed by atoms with E-state index in [1.54, 1.807) is 0 Å². The van der Waals surface area contributed by atoms with E-state index in [-0.39, 0.29) is 90.7 Å². The van der Waals surface area contributed by atoms with E-state index in [1.165, 1.54) is 66.7 Å². The molecule has 0 spiro atoms. The van der Waals surface area contributed by atoms with E-state index in [2.05, 4.69) is 57.1 Å². The van der Waals surface area contributed by atoms with Crippen LogP contribution in [0.3, 0.4) is 0 Å². The van der Waals surface area contributed by atoms with Gasteiger partial charge < -0.3 is 78.7 Å². The van der Waals surface area contributed by atoms with Crippen LogP contribution in [0.25, 0.3) is 33.5 Å². The molecule has 0 saturated carbocycles. The quantitative estimate of drug-likeness (QED) is 0.0196. The highest BCUT2D eigenvalue weighted by Crippen LogP contribution is 2.58. The van der Waals surface area contributed by atoms with Crippen molar-refractivity contribution in [2.24, 2.45) is 0 Å². The van der Waals surface area contributed by atoms with Gasteiger partial charge in [-0.1, -0.05) is 19.2 Å². The molecule has 6 aromatic heterocycles. The molecule has 9 rings (SSSR count). The summed E-state index contributed by atoms with van der Waals surface area (Å²) in [6.07, 6.45) is -7.22. The molecule has 0 aromatic carbocycles. The summed E-state index contributed by atoms with van der Waals surface area (Å²) in [6, 6.07) is 0. The van der Waals surface area contributed by atoms with Crippen molar-refractivity contribution in [1.29, 1.82) is 0 Å². The maximum absolute atomic E-state index is 14.9. The van der Waals surface area contributed by atoms with Crippen molar-refractivity contribution in [1.82, 2.24) is 58.6 Å². The summed E-state index contributed by atoms with van der Waals surface area (Å²) >= 11 is 15.4. The SMILES string of the molecule is CC[C@H]1O[C@@H](n2cnc3c(=O)[nH]c(N)nc32)[C@H](OCCOC)[C@@H]1OP(O)(=S)OC[C@H]1O[C@@H](n2cnc3c(N)ncnc32)[C@H](OCCOC)[C@@H]1OP(=O)(S)OC[C@H]1O[C@@H](n2cnc3c(N)ncnc32)[C@H](OCCOC)[C@@H]1OP(O)(=S)OC. The molecular weight excluding hydrogens is 1200 g/mol. The minimum Gasteiger partial charge on any atom is -0.382 e. The Kier molecular flexibility index (Phi) is 20.2. The van der Waals surface area contributed by atoms with Gasteiger partial charge in [-0.25, -0.2) is 39.5 Å². The summed E-state index contributed by atoms with van der Waals surface area (Å²) in [4.78, 5) is 72.3. The fraction of sp³-hybridized carbons (Fsp3) is 0.634. The van der Waals surface area contributed by atoms with Gasteiger partial charge in [-0.2, -0.15) is 4.98 Å². The van der Waals surface area contributed by atoms with Gasteiger partial charge in [-0.15, -0.1) is 0 Å². The van der Waals surface area contributed by atoms with E-state index in [0.29, 0.717) is 6.42 Å². The standard InChI is InChI=1S/C41H60N15O19P3S3/c1-6-20-26(29(65-10-7-61-2)40(70-20)56-19-51-25-36(56)52-41(44)53-37(25)57)74-77(59,80)68-14-22-28(31(67-12-9-63-4)39(72-22)55-18-50-24-33(43)46-16-48-35(24)55)75-78(60,81)69-13-21-27(73-76(58,79)64-5)30(66-11-8-62-3)38(71-21)54-17-49-23-32(42)45-15-47-34(23)54/h15-22,26-31,38-40H,6-14H2,1-5H3,(H,58,79)(H,59,80)(H,60,81)(H2,42,45,47)(H2,43,46,48)(H3,44,52,53,57)/t20-,21-,22-,26-,27-,28-,29-,30-,31-,38-,39-,40-,76?,77?,78?/m1/s1. The zero-order chi connectivity index (χ0) is 57.8. The Morgan fingerprint density at radius 1 is 0.605 bits per heavy atom. The Bertz CT molecular complexity index is 3330. The number of aromatic amines is 1. The Morgan fingerprint density at radius 2 is 1.04 bits per heavy atom. The van der Waals surface area contributed by atoms with Crippen LogP contribution in [-0.4, -0.2) is 205 Å². The molecule has 6 aromatic rings. The van der Waals surface area contributed by atoms with Crippen LogP contribution in [0, 0.1) is 0 Å². The Hall–Kier alpha value is -3.95. The third kappa shape index (κ3) is 13.8. The van der Waals surface area contributed by atoms with Crippen LogP contribution in [0.15, 0.2) is 36.4 Å². The molecule has 0 aliphatic carbocycles. The zero-order valence-electron chi connectivity index (χ0n) is 43.8. The number of anilines is 3. The van der Waals surface area contributed by atoms with Crippen molar-refractivity contribution in [3.63, 3.8) is 0 Å². The highest BCUT2D eigenvalue weighted by molar-refractivity contribution is 8.44.